The highest BCUT2D eigenvalue weighted by atomic mass is 16.6. The van der Waals surface area contributed by atoms with E-state index < -0.39 is 35.1 Å². The van der Waals surface area contributed by atoms with Gasteiger partial charge in [0.25, 0.3) is 0 Å². The number of hydrogen-bond acceptors (Lipinski definition) is 10. The van der Waals surface area contributed by atoms with Gasteiger partial charge in [0, 0.05) is 10.8 Å². The Hall–Kier alpha value is -4.64. The van der Waals surface area contributed by atoms with Gasteiger partial charge in [0.1, 0.15) is 35.9 Å². The van der Waals surface area contributed by atoms with Crippen molar-refractivity contribution < 1.29 is 48.3 Å². The van der Waals surface area contributed by atoms with Crippen LogP contribution in [0, 0.1) is 59.2 Å². The fraction of sp³-hybridized carbons (Fsp3) is 0.600. The Balaban J connectivity index is 0.712. The van der Waals surface area contributed by atoms with Gasteiger partial charge < -0.3 is 29.2 Å². The minimum absolute atomic E-state index is 0.162. The lowest BCUT2D eigenvalue weighted by Gasteiger charge is -2.52. The molecule has 2 N–H and O–H groups in total. The van der Waals surface area contributed by atoms with Crippen LogP contribution in [0.4, 0.5) is 0 Å². The third-order valence-electron chi connectivity index (χ3n) is 16.3. The van der Waals surface area contributed by atoms with Crippen molar-refractivity contribution in [2.45, 2.75) is 140 Å². The van der Waals surface area contributed by atoms with E-state index in [-0.39, 0.29) is 49.7 Å². The zero-order chi connectivity index (χ0) is 42.5. The zero-order valence-electron chi connectivity index (χ0n) is 35.0. The summed E-state index contributed by atoms with van der Waals surface area (Å²) in [6.07, 6.45) is 21.5. The first-order valence-corrected chi connectivity index (χ1v) is 22.1. The number of aryl methyl sites for hydroxylation is 2. The lowest BCUT2D eigenvalue weighted by Crippen LogP contribution is -2.50. The minimum atomic E-state index is -1.04. The topological polar surface area (TPSA) is 146 Å². The Morgan fingerprint density at radius 2 is 1.00 bits per heavy atom. The molecule has 0 amide bonds. The molecule has 6 aliphatic carbocycles. The molecule has 10 heteroatoms. The van der Waals surface area contributed by atoms with Crippen LogP contribution in [-0.2, 0) is 41.5 Å². The van der Waals surface area contributed by atoms with Crippen molar-refractivity contribution in [3.8, 4) is 36.2 Å². The van der Waals surface area contributed by atoms with E-state index in [2.05, 4.69) is 37.8 Å². The summed E-state index contributed by atoms with van der Waals surface area (Å²) >= 11 is 0. The summed E-state index contributed by atoms with van der Waals surface area (Å²) < 4.78 is 21.4. The molecule has 10 atom stereocenters. The van der Waals surface area contributed by atoms with Crippen LogP contribution in [0.3, 0.4) is 0 Å². The fourth-order valence-corrected chi connectivity index (χ4v) is 13.0. The van der Waals surface area contributed by atoms with Gasteiger partial charge in [0.15, 0.2) is 0 Å². The van der Waals surface area contributed by atoms with Gasteiger partial charge >= 0.3 is 23.9 Å². The number of fused-ring (bicyclic) bond motifs is 10. The van der Waals surface area contributed by atoms with Crippen molar-refractivity contribution in [3.63, 3.8) is 0 Å². The first-order chi connectivity index (χ1) is 28.7. The predicted molar refractivity (Wildman–Crippen MR) is 221 cm³/mol. The third kappa shape index (κ3) is 7.43. The van der Waals surface area contributed by atoms with Crippen molar-refractivity contribution in [3.05, 3.63) is 58.7 Å². The predicted octanol–water partition coefficient (Wildman–Crippen LogP) is 7.29. The molecule has 0 radical (unpaired) electrons. The van der Waals surface area contributed by atoms with Crippen LogP contribution in [0.25, 0.3) is 0 Å². The number of aliphatic hydroxyl groups is 2. The molecule has 0 spiro atoms. The van der Waals surface area contributed by atoms with E-state index in [1.54, 1.807) is 0 Å². The third-order valence-corrected chi connectivity index (χ3v) is 16.3. The van der Waals surface area contributed by atoms with Gasteiger partial charge in [-0.15, -0.1) is 12.8 Å². The Bertz CT molecular complexity index is 1980. The molecule has 4 fully saturated rings. The summed E-state index contributed by atoms with van der Waals surface area (Å²) in [7, 11) is 0. The van der Waals surface area contributed by atoms with Crippen molar-refractivity contribution in [1.82, 2.24) is 0 Å². The van der Waals surface area contributed by atoms with Gasteiger partial charge in [-0.25, -0.2) is 0 Å². The highest BCUT2D eigenvalue weighted by molar-refractivity contribution is 5.80. The lowest BCUT2D eigenvalue weighted by molar-refractivity contribution is -0.153. The van der Waals surface area contributed by atoms with Crippen LogP contribution in [0.2, 0.25) is 0 Å². The van der Waals surface area contributed by atoms with Gasteiger partial charge in [-0.2, -0.15) is 0 Å². The Morgan fingerprint density at radius 3 is 1.40 bits per heavy atom. The van der Waals surface area contributed by atoms with Crippen LogP contribution in [0.1, 0.15) is 138 Å². The second-order valence-electron chi connectivity index (χ2n) is 18.9. The number of hydrogen-bond donors (Lipinski definition) is 2. The van der Waals surface area contributed by atoms with Gasteiger partial charge in [-0.05, 0) is 159 Å². The summed E-state index contributed by atoms with van der Waals surface area (Å²) in [5.74, 6) is 6.51. The number of carbonyl (C=O) groups excluding carboxylic acids is 4. The summed E-state index contributed by atoms with van der Waals surface area (Å²) in [5.41, 5.74) is 2.34. The van der Waals surface area contributed by atoms with Gasteiger partial charge in [-0.3, -0.25) is 19.2 Å². The Morgan fingerprint density at radius 1 is 0.600 bits per heavy atom. The molecule has 0 aromatic heterocycles. The molecule has 0 aliphatic heterocycles. The van der Waals surface area contributed by atoms with Gasteiger partial charge in [0.05, 0.1) is 25.7 Å². The molecule has 0 bridgehead atoms. The van der Waals surface area contributed by atoms with Crippen molar-refractivity contribution in [1.29, 1.82) is 0 Å². The molecule has 0 saturated heterocycles. The maximum Gasteiger partial charge on any atom is 0.311 e. The number of rotatable bonds is 11. The molecule has 318 valence electrons. The average molecular weight is 819 g/mol. The normalized spacial score (nSPS) is 34.4. The molecule has 6 aliphatic rings. The summed E-state index contributed by atoms with van der Waals surface area (Å²) in [6.45, 7) is 3.98. The molecular weight excluding hydrogens is 761 g/mol. The molecule has 10 nitrogen and oxygen atoms in total. The largest absolute Gasteiger partial charge is 0.462 e. The molecule has 60 heavy (non-hydrogen) atoms. The minimum Gasteiger partial charge on any atom is -0.462 e. The first kappa shape index (κ1) is 42.1. The van der Waals surface area contributed by atoms with E-state index >= 15 is 0 Å². The highest BCUT2D eigenvalue weighted by Gasteiger charge is 2.62. The molecule has 2 aromatic carbocycles. The standard InChI is InChI=1S/C50H58O10/c1-5-49(55)25-21-41-39-11-7-31-29-33(9-13-35(31)37(39)19-23-47(41,49)3)59-45(53)17-15-43(51)57-27-28-58-44(52)16-18-46(54)60-34-10-14-36-32(30-34)8-12-40-38(36)20-24-48(4)42(40)22-26-50(48,56)6-2/h1-2,9-10,13-14,29-30,37-42,55-56H,7-8,11-12,15-28H2,3-4H3/t37?,38?,39?,40?,41?,42?,47-,48-,49-,50-/m0/s1. The van der Waals surface area contributed by atoms with Crippen molar-refractivity contribution >= 4 is 23.9 Å². The van der Waals surface area contributed by atoms with Crippen molar-refractivity contribution in [2.75, 3.05) is 13.2 Å². The number of carbonyl (C=O) groups is 4. The molecule has 6 unspecified atom stereocenters. The van der Waals surface area contributed by atoms with Crippen LogP contribution >= 0.6 is 0 Å². The van der Waals surface area contributed by atoms with E-state index in [9.17, 15) is 29.4 Å². The lowest BCUT2D eigenvalue weighted by atomic mass is 9.53. The molecule has 0 heterocycles. The summed E-state index contributed by atoms with van der Waals surface area (Å²) in [5, 5.41) is 22.4. The average Bonchev–Trinajstić information content (AvgIpc) is 3.68. The van der Waals surface area contributed by atoms with Gasteiger partial charge in [-0.1, -0.05) is 37.8 Å². The summed E-state index contributed by atoms with van der Waals surface area (Å²) in [4.78, 5) is 49.8. The maximum absolute atomic E-state index is 12.6. The van der Waals surface area contributed by atoms with Crippen molar-refractivity contribution in [2.24, 2.45) is 34.5 Å². The molecule has 2 aromatic rings. The zero-order valence-corrected chi connectivity index (χ0v) is 35.0. The molecule has 8 rings (SSSR count). The molecule has 4 saturated carbocycles. The van der Waals surface area contributed by atoms with E-state index in [1.165, 1.54) is 22.3 Å². The maximum atomic E-state index is 12.6. The quantitative estimate of drug-likeness (QED) is 0.103. The fourth-order valence-electron chi connectivity index (χ4n) is 13.0. The van der Waals surface area contributed by atoms with E-state index in [4.69, 9.17) is 31.8 Å². The monoisotopic (exact) mass is 818 g/mol. The number of benzene rings is 2. The number of terminal acetylenes is 2. The first-order valence-electron chi connectivity index (χ1n) is 22.1. The van der Waals surface area contributed by atoms with E-state index in [0.29, 0.717) is 59.8 Å². The SMILES string of the molecule is C#C[C@]1(O)CCC2C3CCc4cc(OC(=O)CCC(=O)OCCOC(=O)CCC(=O)Oc5ccc6c(c5)CCC5C6CC[C@@]6(C)C5CC[C@@]6(O)C#C)ccc4C3CC[C@@]21C. The smallest absolute Gasteiger partial charge is 0.311 e. The van der Waals surface area contributed by atoms with Crippen LogP contribution < -0.4 is 9.47 Å². The van der Waals surface area contributed by atoms with Gasteiger partial charge in [0.2, 0.25) is 0 Å². The summed E-state index contributed by atoms with van der Waals surface area (Å²) in [6, 6.07) is 11.6. The Kier molecular flexibility index (Phi) is 11.4. The van der Waals surface area contributed by atoms with Crippen LogP contribution in [0.15, 0.2) is 36.4 Å². The number of ether oxygens (including phenoxy) is 4. The van der Waals surface area contributed by atoms with Crippen LogP contribution in [-0.4, -0.2) is 58.5 Å². The Labute approximate surface area is 353 Å². The number of esters is 4. The molecular formula is C50H58O10. The van der Waals surface area contributed by atoms with E-state index in [1.807, 2.05) is 24.3 Å². The second kappa shape index (κ2) is 16.3. The van der Waals surface area contributed by atoms with E-state index in [0.717, 1.165) is 64.2 Å². The highest BCUT2D eigenvalue weighted by Crippen LogP contribution is 2.65. The second-order valence-corrected chi connectivity index (χ2v) is 18.9. The van der Waals surface area contributed by atoms with Crippen LogP contribution in [0.5, 0.6) is 11.5 Å².